The van der Waals surface area contributed by atoms with Crippen LogP contribution in [0.2, 0.25) is 0 Å². The van der Waals surface area contributed by atoms with E-state index in [4.69, 9.17) is 5.53 Å². The molecule has 0 aliphatic rings. The Labute approximate surface area is 85.5 Å². The van der Waals surface area contributed by atoms with Crippen molar-refractivity contribution in [2.75, 3.05) is 0 Å². The van der Waals surface area contributed by atoms with Crippen molar-refractivity contribution in [3.8, 4) is 0 Å². The molecule has 6 heteroatoms. The highest BCUT2D eigenvalue weighted by Gasteiger charge is 2.17. The van der Waals surface area contributed by atoms with Crippen molar-refractivity contribution in [3.63, 3.8) is 0 Å². The second kappa shape index (κ2) is 5.41. The zero-order valence-electron chi connectivity index (χ0n) is 7.70. The first kappa shape index (κ1) is 10.7. The van der Waals surface area contributed by atoms with Crippen molar-refractivity contribution in [2.24, 2.45) is 5.11 Å². The second-order valence-corrected chi connectivity index (χ2v) is 2.66. The van der Waals surface area contributed by atoms with Crippen molar-refractivity contribution in [1.82, 2.24) is 5.32 Å². The third-order valence-electron chi connectivity index (χ3n) is 1.76. The summed E-state index contributed by atoms with van der Waals surface area (Å²) in [6.45, 7) is 0. The lowest BCUT2D eigenvalue weighted by molar-refractivity contribution is -0.122. The number of carbonyl (C=O) groups is 2. The minimum Gasteiger partial charge on any atom is -0.345 e. The van der Waals surface area contributed by atoms with Crippen molar-refractivity contribution in [2.45, 2.75) is 6.04 Å². The van der Waals surface area contributed by atoms with Gasteiger partial charge in [0.15, 0.2) is 0 Å². The van der Waals surface area contributed by atoms with Crippen LogP contribution in [0, 0.1) is 0 Å². The Bertz CT molecular complexity index is 398. The molecule has 1 aromatic rings. The van der Waals surface area contributed by atoms with Crippen molar-refractivity contribution >= 4 is 12.3 Å². The van der Waals surface area contributed by atoms with E-state index in [1.54, 1.807) is 30.3 Å². The quantitative estimate of drug-likeness (QED) is 0.346. The van der Waals surface area contributed by atoms with Gasteiger partial charge in [-0.25, -0.2) is 0 Å². The molecule has 76 valence electrons. The molecule has 0 saturated heterocycles. The number of nitrogens with one attached hydrogen (secondary N) is 1. The van der Waals surface area contributed by atoms with Gasteiger partial charge in [-0.05, 0) is 16.2 Å². The predicted molar refractivity (Wildman–Crippen MR) is 52.5 cm³/mol. The number of rotatable bonds is 4. The molecule has 0 aliphatic heterocycles. The van der Waals surface area contributed by atoms with Crippen LogP contribution >= 0.6 is 0 Å². The van der Waals surface area contributed by atoms with Crippen molar-refractivity contribution in [1.29, 1.82) is 0 Å². The Morgan fingerprint density at radius 1 is 1.47 bits per heavy atom. The zero-order valence-corrected chi connectivity index (χ0v) is 7.70. The molecule has 0 aliphatic carbocycles. The number of carbonyl (C=O) groups excluding carboxylic acids is 2. The lowest BCUT2D eigenvalue weighted by Crippen LogP contribution is -2.26. The number of hydrogen-bond donors (Lipinski definition) is 1. The van der Waals surface area contributed by atoms with Crippen LogP contribution in [-0.2, 0) is 9.59 Å². The highest BCUT2D eigenvalue weighted by molar-refractivity contribution is 5.85. The van der Waals surface area contributed by atoms with Gasteiger partial charge in [-0.1, -0.05) is 30.3 Å². The second-order valence-electron chi connectivity index (χ2n) is 2.66. The summed E-state index contributed by atoms with van der Waals surface area (Å²) in [5.74, 6) is -0.740. The SMILES string of the molecule is [N-]=[N+]=NC(=O)[C@H](NC=O)c1ccccc1. The highest BCUT2D eigenvalue weighted by Crippen LogP contribution is 2.13. The Kier molecular flexibility index (Phi) is 3.88. The van der Waals surface area contributed by atoms with Gasteiger partial charge in [-0.3, -0.25) is 9.59 Å². The summed E-state index contributed by atoms with van der Waals surface area (Å²) in [5.41, 5.74) is 8.69. The first-order chi connectivity index (χ1) is 7.29. The minimum absolute atomic E-state index is 0.391. The van der Waals surface area contributed by atoms with Gasteiger partial charge in [-0.15, -0.1) is 0 Å². The number of hydrogen-bond acceptors (Lipinski definition) is 2. The van der Waals surface area contributed by atoms with Gasteiger partial charge in [0.1, 0.15) is 6.04 Å². The van der Waals surface area contributed by atoms with E-state index in [0.717, 1.165) is 0 Å². The van der Waals surface area contributed by atoms with E-state index in [9.17, 15) is 9.59 Å². The molecule has 0 spiro atoms. The summed E-state index contributed by atoms with van der Waals surface area (Å²) in [5, 5.41) is 5.23. The lowest BCUT2D eigenvalue weighted by atomic mass is 10.1. The van der Waals surface area contributed by atoms with E-state index in [1.807, 2.05) is 0 Å². The number of amides is 2. The smallest absolute Gasteiger partial charge is 0.245 e. The fraction of sp³-hybridized carbons (Fsp3) is 0.111. The molecular weight excluding hydrogens is 196 g/mol. The van der Waals surface area contributed by atoms with E-state index in [1.165, 1.54) is 0 Å². The topological polar surface area (TPSA) is 94.9 Å². The molecule has 0 saturated carbocycles. The molecule has 1 N–H and O–H groups in total. The predicted octanol–water partition coefficient (Wildman–Crippen LogP) is 1.31. The molecule has 6 nitrogen and oxygen atoms in total. The number of nitrogens with zero attached hydrogens (tertiary/aromatic N) is 3. The molecular formula is C9H8N4O2. The van der Waals surface area contributed by atoms with E-state index < -0.39 is 11.9 Å². The first-order valence-electron chi connectivity index (χ1n) is 4.13. The molecule has 1 rings (SSSR count). The van der Waals surface area contributed by atoms with Crippen LogP contribution in [0.3, 0.4) is 0 Å². The third-order valence-corrected chi connectivity index (χ3v) is 1.76. The number of azide groups is 1. The molecule has 0 fully saturated rings. The largest absolute Gasteiger partial charge is 0.345 e. The average Bonchev–Trinajstić information content (AvgIpc) is 2.27. The molecule has 1 aromatic carbocycles. The van der Waals surface area contributed by atoms with E-state index >= 15 is 0 Å². The molecule has 0 aromatic heterocycles. The molecule has 0 radical (unpaired) electrons. The molecule has 0 bridgehead atoms. The van der Waals surface area contributed by atoms with Crippen LogP contribution in [0.15, 0.2) is 35.4 Å². The first-order valence-corrected chi connectivity index (χ1v) is 4.13. The lowest BCUT2D eigenvalue weighted by Gasteiger charge is -2.11. The van der Waals surface area contributed by atoms with Crippen LogP contribution < -0.4 is 5.32 Å². The summed E-state index contributed by atoms with van der Waals surface area (Å²) in [7, 11) is 0. The van der Waals surface area contributed by atoms with Crippen molar-refractivity contribution < 1.29 is 9.59 Å². The van der Waals surface area contributed by atoms with Gasteiger partial charge < -0.3 is 5.32 Å². The third kappa shape index (κ3) is 2.82. The Balaban J connectivity index is 2.97. The van der Waals surface area contributed by atoms with E-state index in [-0.39, 0.29) is 0 Å². The van der Waals surface area contributed by atoms with Gasteiger partial charge in [0.2, 0.25) is 12.3 Å². The van der Waals surface area contributed by atoms with Crippen LogP contribution in [0.1, 0.15) is 11.6 Å². The summed E-state index contributed by atoms with van der Waals surface area (Å²) < 4.78 is 0. The van der Waals surface area contributed by atoms with Gasteiger partial charge >= 0.3 is 0 Å². The Hall–Kier alpha value is -2.33. The van der Waals surface area contributed by atoms with Crippen molar-refractivity contribution in [3.05, 3.63) is 46.3 Å². The van der Waals surface area contributed by atoms with Crippen LogP contribution in [0.4, 0.5) is 0 Å². The number of benzene rings is 1. The summed E-state index contributed by atoms with van der Waals surface area (Å²) in [6, 6.07) is 7.62. The summed E-state index contributed by atoms with van der Waals surface area (Å²) in [6.07, 6.45) is 0.391. The van der Waals surface area contributed by atoms with Crippen LogP contribution in [0.25, 0.3) is 10.4 Å². The maximum Gasteiger partial charge on any atom is 0.245 e. The highest BCUT2D eigenvalue weighted by atomic mass is 16.2. The monoisotopic (exact) mass is 204 g/mol. The van der Waals surface area contributed by atoms with Crippen LogP contribution in [0.5, 0.6) is 0 Å². The zero-order chi connectivity index (χ0) is 11.1. The summed E-state index contributed by atoms with van der Waals surface area (Å²) >= 11 is 0. The average molecular weight is 204 g/mol. The standard InChI is InChI=1S/C9H8N4O2/c10-13-12-9(15)8(11-6-14)7-4-2-1-3-5-7/h1-6,8H,(H,11,14)/t8-/m1/s1. The summed E-state index contributed by atoms with van der Waals surface area (Å²) in [4.78, 5) is 24.0. The van der Waals surface area contributed by atoms with E-state index in [2.05, 4.69) is 15.3 Å². The minimum atomic E-state index is -0.917. The van der Waals surface area contributed by atoms with Gasteiger partial charge in [0.05, 0.1) is 0 Å². The normalized spacial score (nSPS) is 10.9. The Morgan fingerprint density at radius 3 is 2.67 bits per heavy atom. The molecule has 2 amide bonds. The van der Waals surface area contributed by atoms with Gasteiger partial charge in [0.25, 0.3) is 0 Å². The maximum absolute atomic E-state index is 11.3. The van der Waals surface area contributed by atoms with E-state index in [0.29, 0.717) is 12.0 Å². The van der Waals surface area contributed by atoms with Gasteiger partial charge in [-0.2, -0.15) is 0 Å². The van der Waals surface area contributed by atoms with Gasteiger partial charge in [0, 0.05) is 4.91 Å². The maximum atomic E-state index is 11.3. The fourth-order valence-electron chi connectivity index (χ4n) is 1.13. The Morgan fingerprint density at radius 2 is 2.13 bits per heavy atom. The molecule has 15 heavy (non-hydrogen) atoms. The fourth-order valence-corrected chi connectivity index (χ4v) is 1.13. The van der Waals surface area contributed by atoms with Crippen LogP contribution in [-0.4, -0.2) is 12.3 Å². The molecule has 1 atom stereocenters. The molecule has 0 unspecified atom stereocenters. The molecule has 0 heterocycles.